The molecule has 32 heavy (non-hydrogen) atoms. The first-order valence-electron chi connectivity index (χ1n) is 9.41. The molecule has 0 unspecified atom stereocenters. The van der Waals surface area contributed by atoms with Crippen LogP contribution in [0.25, 0.3) is 6.08 Å². The van der Waals surface area contributed by atoms with Gasteiger partial charge in [0.15, 0.2) is 0 Å². The summed E-state index contributed by atoms with van der Waals surface area (Å²) in [6, 6.07) is 17.9. The van der Waals surface area contributed by atoms with Crippen molar-refractivity contribution in [3.05, 3.63) is 83.4 Å². The number of carbonyl (C=O) groups excluding carboxylic acids is 1. The van der Waals surface area contributed by atoms with E-state index in [9.17, 15) is 13.2 Å². The molecule has 3 aromatic carbocycles. The Kier molecular flexibility index (Phi) is 7.40. The van der Waals surface area contributed by atoms with Crippen LogP contribution in [0.3, 0.4) is 0 Å². The van der Waals surface area contributed by atoms with E-state index >= 15 is 0 Å². The molecule has 0 heterocycles. The number of hydrogen-bond donors (Lipinski definition) is 2. The first kappa shape index (κ1) is 23.2. The Morgan fingerprint density at radius 2 is 1.62 bits per heavy atom. The van der Waals surface area contributed by atoms with Crippen molar-refractivity contribution in [2.75, 3.05) is 24.3 Å². The van der Waals surface area contributed by atoms with Gasteiger partial charge in [0.1, 0.15) is 16.4 Å². The first-order chi connectivity index (χ1) is 15.3. The van der Waals surface area contributed by atoms with Crippen LogP contribution < -0.4 is 19.5 Å². The Morgan fingerprint density at radius 1 is 0.938 bits per heavy atom. The van der Waals surface area contributed by atoms with Crippen molar-refractivity contribution >= 4 is 45.0 Å². The van der Waals surface area contributed by atoms with Crippen LogP contribution in [0.15, 0.2) is 77.7 Å². The van der Waals surface area contributed by atoms with Crippen molar-refractivity contribution in [2.45, 2.75) is 4.90 Å². The SMILES string of the molecule is COc1ccc(NS(=O)(=O)c2cc(NC(=O)/C=C/c3ccccc3Cl)ccc2OC)cc1. The van der Waals surface area contributed by atoms with Gasteiger partial charge in [-0.25, -0.2) is 8.42 Å². The van der Waals surface area contributed by atoms with E-state index in [1.54, 1.807) is 60.7 Å². The predicted octanol–water partition coefficient (Wildman–Crippen LogP) is 4.81. The predicted molar refractivity (Wildman–Crippen MR) is 126 cm³/mol. The fraction of sp³-hybridized carbons (Fsp3) is 0.0870. The molecule has 1 amide bonds. The van der Waals surface area contributed by atoms with Crippen molar-refractivity contribution in [3.63, 3.8) is 0 Å². The van der Waals surface area contributed by atoms with E-state index in [0.29, 0.717) is 22.0 Å². The smallest absolute Gasteiger partial charge is 0.265 e. The summed E-state index contributed by atoms with van der Waals surface area (Å²) in [6.45, 7) is 0. The summed E-state index contributed by atoms with van der Waals surface area (Å²) in [5.41, 5.74) is 1.32. The highest BCUT2D eigenvalue weighted by Crippen LogP contribution is 2.29. The zero-order valence-corrected chi connectivity index (χ0v) is 18.9. The lowest BCUT2D eigenvalue weighted by molar-refractivity contribution is -0.111. The second-order valence-corrected chi connectivity index (χ2v) is 8.60. The molecule has 0 aliphatic carbocycles. The van der Waals surface area contributed by atoms with E-state index in [2.05, 4.69) is 10.0 Å². The third-order valence-corrected chi connectivity index (χ3v) is 6.13. The molecule has 0 radical (unpaired) electrons. The second-order valence-electron chi connectivity index (χ2n) is 6.54. The maximum Gasteiger partial charge on any atom is 0.265 e. The summed E-state index contributed by atoms with van der Waals surface area (Å²) in [4.78, 5) is 12.2. The fourth-order valence-corrected chi connectivity index (χ4v) is 4.25. The third-order valence-electron chi connectivity index (χ3n) is 4.38. The highest BCUT2D eigenvalue weighted by Gasteiger charge is 2.21. The lowest BCUT2D eigenvalue weighted by Crippen LogP contribution is -2.15. The molecule has 0 aliphatic heterocycles. The van der Waals surface area contributed by atoms with Crippen LogP contribution in [0, 0.1) is 0 Å². The second kappa shape index (κ2) is 10.2. The van der Waals surface area contributed by atoms with Crippen molar-refractivity contribution < 1.29 is 22.7 Å². The number of sulfonamides is 1. The topological polar surface area (TPSA) is 93.7 Å². The van der Waals surface area contributed by atoms with Gasteiger partial charge in [0.2, 0.25) is 5.91 Å². The molecule has 3 aromatic rings. The molecular weight excluding hydrogens is 452 g/mol. The number of methoxy groups -OCH3 is 2. The molecule has 0 bridgehead atoms. The van der Waals surface area contributed by atoms with Crippen LogP contribution in [-0.4, -0.2) is 28.5 Å². The first-order valence-corrected chi connectivity index (χ1v) is 11.3. The number of hydrogen-bond acceptors (Lipinski definition) is 5. The number of carbonyl (C=O) groups is 1. The van der Waals surface area contributed by atoms with Crippen molar-refractivity contribution in [2.24, 2.45) is 0 Å². The summed E-state index contributed by atoms with van der Waals surface area (Å²) in [5.74, 6) is 0.289. The molecule has 3 rings (SSSR count). The van der Waals surface area contributed by atoms with Crippen molar-refractivity contribution in [1.82, 2.24) is 0 Å². The van der Waals surface area contributed by atoms with E-state index in [1.807, 2.05) is 0 Å². The molecule has 9 heteroatoms. The molecule has 166 valence electrons. The van der Waals surface area contributed by atoms with Crippen molar-refractivity contribution in [1.29, 1.82) is 0 Å². The highest BCUT2D eigenvalue weighted by atomic mass is 35.5. The van der Waals surface area contributed by atoms with Crippen LogP contribution >= 0.6 is 11.6 Å². The molecule has 0 aromatic heterocycles. The monoisotopic (exact) mass is 472 g/mol. The quantitative estimate of drug-likeness (QED) is 0.459. The number of rotatable bonds is 8. The normalized spacial score (nSPS) is 11.2. The zero-order chi connectivity index (χ0) is 23.1. The average molecular weight is 473 g/mol. The number of ether oxygens (including phenoxy) is 2. The maximum absolute atomic E-state index is 13.0. The minimum absolute atomic E-state index is 0.122. The van der Waals surface area contributed by atoms with E-state index in [1.165, 1.54) is 32.4 Å². The van der Waals surface area contributed by atoms with E-state index in [4.69, 9.17) is 21.1 Å². The summed E-state index contributed by atoms with van der Waals surface area (Å²) in [5, 5.41) is 3.15. The Morgan fingerprint density at radius 3 is 2.28 bits per heavy atom. The van der Waals surface area contributed by atoms with Gasteiger partial charge in [-0.15, -0.1) is 0 Å². The zero-order valence-electron chi connectivity index (χ0n) is 17.3. The molecule has 0 atom stereocenters. The third kappa shape index (κ3) is 5.81. The number of halogens is 1. The van der Waals surface area contributed by atoms with Crippen LogP contribution in [0.2, 0.25) is 5.02 Å². The summed E-state index contributed by atoms with van der Waals surface area (Å²) in [7, 11) is -1.11. The van der Waals surface area contributed by atoms with Gasteiger partial charge < -0.3 is 14.8 Å². The molecule has 0 spiro atoms. The van der Waals surface area contributed by atoms with Crippen LogP contribution in [-0.2, 0) is 14.8 Å². The maximum atomic E-state index is 13.0. The summed E-state index contributed by atoms with van der Waals surface area (Å²) < 4.78 is 38.7. The number of amides is 1. The summed E-state index contributed by atoms with van der Waals surface area (Å²) >= 11 is 6.08. The molecule has 0 saturated carbocycles. The number of anilines is 2. The van der Waals surface area contributed by atoms with Crippen LogP contribution in [0.5, 0.6) is 11.5 Å². The lowest BCUT2D eigenvalue weighted by Gasteiger charge is -2.13. The van der Waals surface area contributed by atoms with Gasteiger partial charge in [-0.3, -0.25) is 9.52 Å². The van der Waals surface area contributed by atoms with Gasteiger partial charge in [0.25, 0.3) is 10.0 Å². The minimum atomic E-state index is -4.00. The standard InChI is InChI=1S/C23H21ClN2O5S/c1-30-19-11-8-17(9-12-19)26-32(28,29)22-15-18(10-13-21(22)31-2)25-23(27)14-7-16-5-3-4-6-20(16)24/h3-15,26H,1-2H3,(H,25,27)/b14-7+. The average Bonchev–Trinajstić information content (AvgIpc) is 2.79. The number of nitrogens with one attached hydrogen (secondary N) is 2. The van der Waals surface area contributed by atoms with Gasteiger partial charge >= 0.3 is 0 Å². The van der Waals surface area contributed by atoms with Gasteiger partial charge in [-0.2, -0.15) is 0 Å². The summed E-state index contributed by atoms with van der Waals surface area (Å²) in [6.07, 6.45) is 2.89. The van der Waals surface area contributed by atoms with Crippen LogP contribution in [0.1, 0.15) is 5.56 Å². The van der Waals surface area contributed by atoms with Gasteiger partial charge in [0.05, 0.1) is 14.2 Å². The van der Waals surface area contributed by atoms with Gasteiger partial charge in [-0.05, 0) is 60.2 Å². The van der Waals surface area contributed by atoms with Gasteiger partial charge in [-0.1, -0.05) is 29.8 Å². The Balaban J connectivity index is 1.81. The van der Waals surface area contributed by atoms with Crippen molar-refractivity contribution in [3.8, 4) is 11.5 Å². The minimum Gasteiger partial charge on any atom is -0.497 e. The van der Waals surface area contributed by atoms with E-state index in [0.717, 1.165) is 0 Å². The van der Waals surface area contributed by atoms with Crippen LogP contribution in [0.4, 0.5) is 11.4 Å². The molecule has 0 saturated heterocycles. The molecule has 0 fully saturated rings. The Bertz CT molecular complexity index is 1240. The largest absolute Gasteiger partial charge is 0.497 e. The molecule has 7 nitrogen and oxygen atoms in total. The van der Waals surface area contributed by atoms with E-state index in [-0.39, 0.29) is 16.3 Å². The van der Waals surface area contributed by atoms with E-state index < -0.39 is 15.9 Å². The van der Waals surface area contributed by atoms with Gasteiger partial charge in [0, 0.05) is 22.5 Å². The number of benzene rings is 3. The Hall–Kier alpha value is -3.49. The highest BCUT2D eigenvalue weighted by molar-refractivity contribution is 7.92. The lowest BCUT2D eigenvalue weighted by atomic mass is 10.2. The Labute approximate surface area is 191 Å². The molecular formula is C23H21ClN2O5S. The molecule has 2 N–H and O–H groups in total. The fourth-order valence-electron chi connectivity index (χ4n) is 2.79. The molecule has 0 aliphatic rings.